The van der Waals surface area contributed by atoms with Gasteiger partial charge in [-0.1, -0.05) is 20.8 Å². The Hall–Kier alpha value is -1.66. The molecule has 0 radical (unpaired) electrons. The van der Waals surface area contributed by atoms with Crippen LogP contribution in [0.2, 0.25) is 0 Å². The molecule has 25 heavy (non-hydrogen) atoms. The van der Waals surface area contributed by atoms with Gasteiger partial charge in [-0.2, -0.15) is 5.10 Å². The topological polar surface area (TPSA) is 51.9 Å². The number of aryl methyl sites for hydroxylation is 1. The van der Waals surface area contributed by atoms with Gasteiger partial charge in [0.05, 0.1) is 43.0 Å². The number of aromatic nitrogens is 3. The summed E-state index contributed by atoms with van der Waals surface area (Å²) < 4.78 is 13.6. The zero-order valence-corrected chi connectivity index (χ0v) is 16.3. The van der Waals surface area contributed by atoms with E-state index in [0.717, 1.165) is 49.0 Å². The summed E-state index contributed by atoms with van der Waals surface area (Å²) in [6, 6.07) is 2.09. The van der Waals surface area contributed by atoms with Gasteiger partial charge in [0.2, 0.25) is 0 Å². The number of anilines is 1. The van der Waals surface area contributed by atoms with Crippen molar-refractivity contribution in [3.63, 3.8) is 0 Å². The van der Waals surface area contributed by atoms with Gasteiger partial charge >= 0.3 is 0 Å². The Morgan fingerprint density at radius 2 is 1.84 bits per heavy atom. The van der Waals surface area contributed by atoms with Gasteiger partial charge < -0.3 is 14.4 Å². The van der Waals surface area contributed by atoms with Gasteiger partial charge in [-0.05, 0) is 32.3 Å². The van der Waals surface area contributed by atoms with Crippen LogP contribution < -0.4 is 4.90 Å². The summed E-state index contributed by atoms with van der Waals surface area (Å²) in [5, 5.41) is 4.71. The van der Waals surface area contributed by atoms with Gasteiger partial charge in [-0.15, -0.1) is 0 Å². The Bertz CT molecular complexity index is 740. The number of rotatable bonds is 4. The van der Waals surface area contributed by atoms with E-state index in [9.17, 15) is 0 Å². The smallest absolute Gasteiger partial charge is 0.155 e. The molecule has 0 saturated carbocycles. The molecule has 0 N–H and O–H groups in total. The first-order valence-electron chi connectivity index (χ1n) is 9.00. The monoisotopic (exact) mass is 346 g/mol. The molecule has 138 valence electrons. The molecular weight excluding hydrogens is 316 g/mol. The number of fused-ring (bicyclic) bond motifs is 1. The molecule has 2 aromatic heterocycles. The van der Waals surface area contributed by atoms with Crippen molar-refractivity contribution in [2.75, 3.05) is 31.2 Å². The molecule has 1 fully saturated rings. The third-order valence-corrected chi connectivity index (χ3v) is 5.30. The largest absolute Gasteiger partial charge is 0.378 e. The van der Waals surface area contributed by atoms with E-state index in [-0.39, 0.29) is 11.0 Å². The van der Waals surface area contributed by atoms with Crippen LogP contribution in [0.3, 0.4) is 0 Å². The van der Waals surface area contributed by atoms with E-state index in [1.54, 1.807) is 0 Å². The predicted octanol–water partition coefficient (Wildman–Crippen LogP) is 3.22. The minimum absolute atomic E-state index is 0.0588. The van der Waals surface area contributed by atoms with Crippen molar-refractivity contribution in [2.45, 2.75) is 53.8 Å². The molecule has 1 aliphatic heterocycles. The normalized spacial score (nSPS) is 16.6. The summed E-state index contributed by atoms with van der Waals surface area (Å²) in [7, 11) is 0. The van der Waals surface area contributed by atoms with Gasteiger partial charge in [-0.25, -0.2) is 9.50 Å². The Balaban J connectivity index is 1.87. The number of hydrogen-bond donors (Lipinski definition) is 0. The Morgan fingerprint density at radius 1 is 1.16 bits per heavy atom. The molecule has 6 nitrogen and oxygen atoms in total. The summed E-state index contributed by atoms with van der Waals surface area (Å²) in [4.78, 5) is 7.03. The van der Waals surface area contributed by atoms with E-state index in [0.29, 0.717) is 6.61 Å². The molecule has 0 amide bonds. The van der Waals surface area contributed by atoms with Crippen molar-refractivity contribution >= 4 is 11.3 Å². The third-order valence-electron chi connectivity index (χ3n) is 5.30. The number of hydrogen-bond acceptors (Lipinski definition) is 5. The van der Waals surface area contributed by atoms with Crippen LogP contribution in [0.1, 0.15) is 46.0 Å². The molecule has 0 aromatic carbocycles. The van der Waals surface area contributed by atoms with Crippen LogP contribution >= 0.6 is 0 Å². The van der Waals surface area contributed by atoms with Gasteiger partial charge in [0, 0.05) is 13.1 Å². The molecule has 0 spiro atoms. The second-order valence-electron chi connectivity index (χ2n) is 8.32. The maximum Gasteiger partial charge on any atom is 0.155 e. The predicted molar refractivity (Wildman–Crippen MR) is 99.1 cm³/mol. The minimum atomic E-state index is -0.232. The van der Waals surface area contributed by atoms with Crippen LogP contribution in [0.5, 0.6) is 0 Å². The highest BCUT2D eigenvalue weighted by molar-refractivity contribution is 5.69. The fourth-order valence-corrected chi connectivity index (χ4v) is 2.69. The minimum Gasteiger partial charge on any atom is -0.378 e. The summed E-state index contributed by atoms with van der Waals surface area (Å²) in [5.41, 5.74) is 2.74. The summed E-state index contributed by atoms with van der Waals surface area (Å²) >= 11 is 0. The fraction of sp³-hybridized carbons (Fsp3) is 0.684. The van der Waals surface area contributed by atoms with Crippen LogP contribution in [-0.4, -0.2) is 46.5 Å². The fourth-order valence-electron chi connectivity index (χ4n) is 2.69. The number of nitrogens with zero attached hydrogens (tertiary/aromatic N) is 4. The Labute approximate surface area is 150 Å². The molecular formula is C19H30N4O2. The van der Waals surface area contributed by atoms with Crippen LogP contribution in [0.15, 0.2) is 12.3 Å². The summed E-state index contributed by atoms with van der Waals surface area (Å²) in [5.74, 6) is 0.983. The average Bonchev–Trinajstić information content (AvgIpc) is 2.95. The van der Waals surface area contributed by atoms with Crippen molar-refractivity contribution in [3.05, 3.63) is 23.7 Å². The van der Waals surface area contributed by atoms with Crippen molar-refractivity contribution in [1.29, 1.82) is 0 Å². The Kier molecular flexibility index (Phi) is 4.77. The highest BCUT2D eigenvalue weighted by Gasteiger charge is 2.33. The van der Waals surface area contributed by atoms with Gasteiger partial charge in [0.25, 0.3) is 0 Å². The molecule has 3 rings (SSSR count). The molecule has 1 aliphatic rings. The Morgan fingerprint density at radius 3 is 2.48 bits per heavy atom. The lowest BCUT2D eigenvalue weighted by Crippen LogP contribution is -2.39. The molecule has 6 heteroatoms. The van der Waals surface area contributed by atoms with Crippen LogP contribution in [0, 0.1) is 12.3 Å². The first-order chi connectivity index (χ1) is 11.7. The molecule has 0 aliphatic carbocycles. The first kappa shape index (κ1) is 18.1. The zero-order chi connectivity index (χ0) is 18.2. The van der Waals surface area contributed by atoms with Crippen LogP contribution in [-0.2, 0) is 16.1 Å². The van der Waals surface area contributed by atoms with Crippen molar-refractivity contribution in [2.24, 2.45) is 5.41 Å². The van der Waals surface area contributed by atoms with Crippen molar-refractivity contribution in [1.82, 2.24) is 14.6 Å². The van der Waals surface area contributed by atoms with Crippen molar-refractivity contribution in [3.8, 4) is 0 Å². The van der Waals surface area contributed by atoms with Gasteiger partial charge in [0.1, 0.15) is 5.52 Å². The molecule has 0 unspecified atom stereocenters. The highest BCUT2D eigenvalue weighted by Crippen LogP contribution is 2.33. The maximum absolute atomic E-state index is 6.20. The molecule has 0 atom stereocenters. The van der Waals surface area contributed by atoms with Gasteiger partial charge in [-0.3, -0.25) is 0 Å². The average molecular weight is 346 g/mol. The lowest BCUT2D eigenvalue weighted by molar-refractivity contribution is -0.101. The second kappa shape index (κ2) is 6.57. The van der Waals surface area contributed by atoms with E-state index in [1.165, 1.54) is 0 Å². The molecule has 3 heterocycles. The summed E-state index contributed by atoms with van der Waals surface area (Å²) in [6.45, 7) is 16.6. The third kappa shape index (κ3) is 3.80. The first-order valence-corrected chi connectivity index (χ1v) is 9.00. The van der Waals surface area contributed by atoms with E-state index in [2.05, 4.69) is 45.6 Å². The lowest BCUT2D eigenvalue weighted by Gasteiger charge is -2.38. The van der Waals surface area contributed by atoms with E-state index in [1.807, 2.05) is 17.6 Å². The van der Waals surface area contributed by atoms with Gasteiger partial charge in [0.15, 0.2) is 5.82 Å². The quantitative estimate of drug-likeness (QED) is 0.851. The molecule has 1 saturated heterocycles. The maximum atomic E-state index is 6.20. The second-order valence-corrected chi connectivity index (χ2v) is 8.32. The highest BCUT2D eigenvalue weighted by atomic mass is 16.5. The standard InChI is InChI=1S/C19H30N4O2/c1-14-12-23-16(17(20-14)22-7-9-24-10-8-22)11-15(21-23)13-25-19(5,6)18(2,3)4/h11-12H,7-10,13H2,1-6H3. The van der Waals surface area contributed by atoms with E-state index >= 15 is 0 Å². The molecule has 2 aromatic rings. The van der Waals surface area contributed by atoms with Crippen LogP contribution in [0.4, 0.5) is 5.82 Å². The van der Waals surface area contributed by atoms with Crippen molar-refractivity contribution < 1.29 is 9.47 Å². The summed E-state index contributed by atoms with van der Waals surface area (Å²) in [6.07, 6.45) is 1.97. The number of ether oxygens (including phenoxy) is 2. The lowest BCUT2D eigenvalue weighted by atomic mass is 9.79. The zero-order valence-electron chi connectivity index (χ0n) is 16.3. The SMILES string of the molecule is Cc1cn2nc(COC(C)(C)C(C)(C)C)cc2c(N2CCOCC2)n1. The van der Waals surface area contributed by atoms with E-state index < -0.39 is 0 Å². The van der Waals surface area contributed by atoms with Crippen LogP contribution in [0.25, 0.3) is 5.52 Å². The molecule has 0 bridgehead atoms. The number of morpholine rings is 1. The van der Waals surface area contributed by atoms with E-state index in [4.69, 9.17) is 19.6 Å².